The van der Waals surface area contributed by atoms with E-state index in [9.17, 15) is 0 Å². The Balaban J connectivity index is 3.96. The standard InChI is InChI=1S/C13H29NO/c1-7-15-9-8-12(13(4,5)6)10-14-11(2)3/h11-12,14H,7-10H2,1-6H3. The fraction of sp³-hybridized carbons (Fsp3) is 1.00. The molecular formula is C13H29NO. The quantitative estimate of drug-likeness (QED) is 0.659. The molecule has 0 radical (unpaired) electrons. The van der Waals surface area contributed by atoms with Crippen LogP contribution in [0.2, 0.25) is 0 Å². The van der Waals surface area contributed by atoms with Crippen LogP contribution < -0.4 is 5.32 Å². The van der Waals surface area contributed by atoms with Crippen LogP contribution in [0.15, 0.2) is 0 Å². The van der Waals surface area contributed by atoms with Gasteiger partial charge in [0, 0.05) is 19.3 Å². The molecule has 0 aliphatic carbocycles. The number of hydrogen-bond donors (Lipinski definition) is 1. The third-order valence-corrected chi connectivity index (χ3v) is 2.81. The van der Waals surface area contributed by atoms with Crippen molar-refractivity contribution in [3.8, 4) is 0 Å². The molecule has 0 amide bonds. The van der Waals surface area contributed by atoms with Gasteiger partial charge < -0.3 is 10.1 Å². The Morgan fingerprint density at radius 3 is 2.20 bits per heavy atom. The average Bonchev–Trinajstić information content (AvgIpc) is 2.08. The fourth-order valence-electron chi connectivity index (χ4n) is 1.59. The lowest BCUT2D eigenvalue weighted by Gasteiger charge is -2.31. The molecule has 0 aliphatic rings. The van der Waals surface area contributed by atoms with Crippen LogP contribution in [0.25, 0.3) is 0 Å². The molecule has 0 heterocycles. The fourth-order valence-corrected chi connectivity index (χ4v) is 1.59. The van der Waals surface area contributed by atoms with Crippen LogP contribution in [0.4, 0.5) is 0 Å². The van der Waals surface area contributed by atoms with E-state index in [-0.39, 0.29) is 0 Å². The second kappa shape index (κ2) is 7.24. The maximum atomic E-state index is 5.44. The van der Waals surface area contributed by atoms with Crippen molar-refractivity contribution >= 4 is 0 Å². The zero-order chi connectivity index (χ0) is 11.9. The van der Waals surface area contributed by atoms with Crippen molar-refractivity contribution in [2.75, 3.05) is 19.8 Å². The van der Waals surface area contributed by atoms with Gasteiger partial charge in [-0.05, 0) is 31.2 Å². The van der Waals surface area contributed by atoms with Crippen molar-refractivity contribution in [1.82, 2.24) is 5.32 Å². The second-order valence-electron chi connectivity index (χ2n) is 5.61. The van der Waals surface area contributed by atoms with E-state index in [2.05, 4.69) is 46.9 Å². The van der Waals surface area contributed by atoms with Crippen molar-refractivity contribution < 1.29 is 4.74 Å². The summed E-state index contributed by atoms with van der Waals surface area (Å²) < 4.78 is 5.44. The van der Waals surface area contributed by atoms with Crippen LogP contribution in [0, 0.1) is 11.3 Å². The molecule has 0 saturated heterocycles. The first-order chi connectivity index (χ1) is 6.88. The summed E-state index contributed by atoms with van der Waals surface area (Å²) in [6.45, 7) is 16.2. The molecule has 0 aromatic rings. The lowest BCUT2D eigenvalue weighted by molar-refractivity contribution is 0.104. The number of rotatable bonds is 7. The molecule has 1 atom stereocenters. The normalized spacial score (nSPS) is 14.6. The van der Waals surface area contributed by atoms with E-state index < -0.39 is 0 Å². The number of nitrogens with one attached hydrogen (secondary N) is 1. The third-order valence-electron chi connectivity index (χ3n) is 2.81. The molecule has 0 aliphatic heterocycles. The number of ether oxygens (including phenoxy) is 1. The van der Waals surface area contributed by atoms with E-state index in [1.165, 1.54) is 0 Å². The summed E-state index contributed by atoms with van der Waals surface area (Å²) in [5.41, 5.74) is 0.360. The molecule has 1 unspecified atom stereocenters. The van der Waals surface area contributed by atoms with E-state index >= 15 is 0 Å². The maximum Gasteiger partial charge on any atom is 0.0469 e. The van der Waals surface area contributed by atoms with Crippen LogP contribution in [0.5, 0.6) is 0 Å². The van der Waals surface area contributed by atoms with Gasteiger partial charge in [0.2, 0.25) is 0 Å². The van der Waals surface area contributed by atoms with Crippen molar-refractivity contribution in [2.45, 2.75) is 54.0 Å². The van der Waals surface area contributed by atoms with Gasteiger partial charge in [-0.25, -0.2) is 0 Å². The van der Waals surface area contributed by atoms with Gasteiger partial charge in [0.05, 0.1) is 0 Å². The second-order valence-corrected chi connectivity index (χ2v) is 5.61. The van der Waals surface area contributed by atoms with Crippen LogP contribution in [-0.2, 0) is 4.74 Å². The summed E-state index contributed by atoms with van der Waals surface area (Å²) >= 11 is 0. The van der Waals surface area contributed by atoms with Crippen molar-refractivity contribution in [3.05, 3.63) is 0 Å². The summed E-state index contributed by atoms with van der Waals surface area (Å²) in [4.78, 5) is 0. The van der Waals surface area contributed by atoms with E-state index in [4.69, 9.17) is 4.74 Å². The monoisotopic (exact) mass is 215 g/mol. The zero-order valence-electron chi connectivity index (χ0n) is 11.4. The Labute approximate surface area is 95.8 Å². The Kier molecular flexibility index (Phi) is 7.20. The minimum absolute atomic E-state index is 0.360. The highest BCUT2D eigenvalue weighted by atomic mass is 16.5. The molecule has 0 aromatic carbocycles. The van der Waals surface area contributed by atoms with E-state index in [1.54, 1.807) is 0 Å². The zero-order valence-corrected chi connectivity index (χ0v) is 11.4. The molecule has 0 bridgehead atoms. The van der Waals surface area contributed by atoms with Crippen molar-refractivity contribution in [3.63, 3.8) is 0 Å². The molecule has 2 nitrogen and oxygen atoms in total. The van der Waals surface area contributed by atoms with Gasteiger partial charge in [0.15, 0.2) is 0 Å². The molecule has 0 saturated carbocycles. The Bertz CT molecular complexity index is 149. The lowest BCUT2D eigenvalue weighted by atomic mass is 9.79. The summed E-state index contributed by atoms with van der Waals surface area (Å²) in [6, 6.07) is 0.571. The molecular weight excluding hydrogens is 186 g/mol. The smallest absolute Gasteiger partial charge is 0.0469 e. The van der Waals surface area contributed by atoms with Gasteiger partial charge in [-0.2, -0.15) is 0 Å². The molecule has 0 fully saturated rings. The van der Waals surface area contributed by atoms with Gasteiger partial charge in [0.1, 0.15) is 0 Å². The summed E-state index contributed by atoms with van der Waals surface area (Å²) in [5.74, 6) is 0.687. The minimum Gasteiger partial charge on any atom is -0.382 e. The van der Waals surface area contributed by atoms with Gasteiger partial charge in [0.25, 0.3) is 0 Å². The molecule has 0 aromatic heterocycles. The molecule has 15 heavy (non-hydrogen) atoms. The first-order valence-corrected chi connectivity index (χ1v) is 6.19. The third kappa shape index (κ3) is 7.80. The molecule has 92 valence electrons. The van der Waals surface area contributed by atoms with E-state index in [0.717, 1.165) is 26.2 Å². The van der Waals surface area contributed by atoms with Gasteiger partial charge in [-0.3, -0.25) is 0 Å². The van der Waals surface area contributed by atoms with Crippen LogP contribution in [0.1, 0.15) is 48.0 Å². The molecule has 0 spiro atoms. The van der Waals surface area contributed by atoms with Crippen LogP contribution in [0.3, 0.4) is 0 Å². The summed E-state index contributed by atoms with van der Waals surface area (Å²) in [6.07, 6.45) is 1.15. The van der Waals surface area contributed by atoms with E-state index in [1.807, 2.05) is 0 Å². The van der Waals surface area contributed by atoms with E-state index in [0.29, 0.717) is 17.4 Å². The highest BCUT2D eigenvalue weighted by molar-refractivity contribution is 4.76. The largest absolute Gasteiger partial charge is 0.382 e. The number of hydrogen-bond acceptors (Lipinski definition) is 2. The van der Waals surface area contributed by atoms with Crippen molar-refractivity contribution in [1.29, 1.82) is 0 Å². The summed E-state index contributed by atoms with van der Waals surface area (Å²) in [7, 11) is 0. The Hall–Kier alpha value is -0.0800. The lowest BCUT2D eigenvalue weighted by Crippen LogP contribution is -2.35. The SMILES string of the molecule is CCOCCC(CNC(C)C)C(C)(C)C. The van der Waals surface area contributed by atoms with Gasteiger partial charge >= 0.3 is 0 Å². The molecule has 2 heteroatoms. The predicted molar refractivity (Wildman–Crippen MR) is 67.2 cm³/mol. The van der Waals surface area contributed by atoms with Gasteiger partial charge in [-0.15, -0.1) is 0 Å². The highest BCUT2D eigenvalue weighted by Gasteiger charge is 2.23. The maximum absolute atomic E-state index is 5.44. The van der Waals surface area contributed by atoms with Crippen LogP contribution in [-0.4, -0.2) is 25.8 Å². The topological polar surface area (TPSA) is 21.3 Å². The summed E-state index contributed by atoms with van der Waals surface area (Å²) in [5, 5.41) is 3.52. The molecule has 1 N–H and O–H groups in total. The minimum atomic E-state index is 0.360. The first-order valence-electron chi connectivity index (χ1n) is 6.19. The highest BCUT2D eigenvalue weighted by Crippen LogP contribution is 2.28. The predicted octanol–water partition coefficient (Wildman–Crippen LogP) is 3.07. The Morgan fingerprint density at radius 1 is 1.20 bits per heavy atom. The van der Waals surface area contributed by atoms with Crippen LogP contribution >= 0.6 is 0 Å². The average molecular weight is 215 g/mol. The van der Waals surface area contributed by atoms with Gasteiger partial charge in [-0.1, -0.05) is 34.6 Å². The molecule has 0 rings (SSSR count). The Morgan fingerprint density at radius 2 is 1.80 bits per heavy atom. The van der Waals surface area contributed by atoms with Crippen molar-refractivity contribution in [2.24, 2.45) is 11.3 Å². The first kappa shape index (κ1) is 14.9.